The molecule has 1 aliphatic rings. The second-order valence-corrected chi connectivity index (χ2v) is 3.84. The molecule has 3 nitrogen and oxygen atoms in total. The summed E-state index contributed by atoms with van der Waals surface area (Å²) in [6.07, 6.45) is 0.888. The lowest BCUT2D eigenvalue weighted by atomic mass is 10.1. The molecule has 1 unspecified atom stereocenters. The van der Waals surface area contributed by atoms with Gasteiger partial charge in [0.2, 0.25) is 0 Å². The fraction of sp³-hybridized carbons (Fsp3) is 0.417. The Kier molecular flexibility index (Phi) is 2.62. The predicted octanol–water partition coefficient (Wildman–Crippen LogP) is 1.90. The highest BCUT2D eigenvalue weighted by molar-refractivity contribution is 5.98. The molecule has 15 heavy (non-hydrogen) atoms. The minimum atomic E-state index is -0.0209. The van der Waals surface area contributed by atoms with Crippen LogP contribution in [-0.2, 0) is 0 Å². The molecule has 0 fully saturated rings. The van der Waals surface area contributed by atoms with Crippen LogP contribution in [0.15, 0.2) is 18.2 Å². The minimum Gasteiger partial charge on any atom is -0.491 e. The minimum absolute atomic E-state index is 0.0209. The van der Waals surface area contributed by atoms with Crippen molar-refractivity contribution in [3.63, 3.8) is 0 Å². The number of hydrogen-bond acceptors (Lipinski definition) is 2. The van der Waals surface area contributed by atoms with E-state index in [1.165, 1.54) is 0 Å². The summed E-state index contributed by atoms with van der Waals surface area (Å²) in [4.78, 5) is 11.9. The van der Waals surface area contributed by atoms with Gasteiger partial charge >= 0.3 is 0 Å². The van der Waals surface area contributed by atoms with Gasteiger partial charge in [0.1, 0.15) is 12.4 Å². The number of carbonyl (C=O) groups is 1. The SMILES string of the molecule is CCC1COc2cccc(C)c2C(=O)N1. The van der Waals surface area contributed by atoms with Crippen molar-refractivity contribution in [2.75, 3.05) is 6.61 Å². The quantitative estimate of drug-likeness (QED) is 0.760. The molecule has 0 spiro atoms. The fourth-order valence-electron chi connectivity index (χ4n) is 1.76. The first-order chi connectivity index (χ1) is 7.22. The Morgan fingerprint density at radius 1 is 1.53 bits per heavy atom. The predicted molar refractivity (Wildman–Crippen MR) is 58.2 cm³/mol. The van der Waals surface area contributed by atoms with Gasteiger partial charge in [0.05, 0.1) is 11.6 Å². The summed E-state index contributed by atoms with van der Waals surface area (Å²) >= 11 is 0. The van der Waals surface area contributed by atoms with Crippen LogP contribution >= 0.6 is 0 Å². The van der Waals surface area contributed by atoms with E-state index >= 15 is 0 Å². The van der Waals surface area contributed by atoms with Crippen molar-refractivity contribution in [3.05, 3.63) is 29.3 Å². The lowest BCUT2D eigenvalue weighted by Crippen LogP contribution is -2.36. The molecule has 0 saturated carbocycles. The van der Waals surface area contributed by atoms with Gasteiger partial charge in [-0.05, 0) is 25.0 Å². The van der Waals surface area contributed by atoms with Crippen LogP contribution in [0.25, 0.3) is 0 Å². The van der Waals surface area contributed by atoms with Gasteiger partial charge in [-0.3, -0.25) is 4.79 Å². The van der Waals surface area contributed by atoms with Crippen molar-refractivity contribution in [1.29, 1.82) is 0 Å². The zero-order valence-electron chi connectivity index (χ0n) is 9.04. The van der Waals surface area contributed by atoms with Gasteiger partial charge in [0.15, 0.2) is 0 Å². The van der Waals surface area contributed by atoms with Gasteiger partial charge < -0.3 is 10.1 Å². The van der Waals surface area contributed by atoms with Crippen LogP contribution in [0.2, 0.25) is 0 Å². The summed E-state index contributed by atoms with van der Waals surface area (Å²) in [5.74, 6) is 0.677. The fourth-order valence-corrected chi connectivity index (χ4v) is 1.76. The summed E-state index contributed by atoms with van der Waals surface area (Å²) in [7, 11) is 0. The van der Waals surface area contributed by atoms with Gasteiger partial charge in [-0.2, -0.15) is 0 Å². The van der Waals surface area contributed by atoms with Crippen molar-refractivity contribution in [3.8, 4) is 5.75 Å². The molecule has 0 bridgehead atoms. The number of ether oxygens (including phenoxy) is 1. The Hall–Kier alpha value is -1.51. The summed E-state index contributed by atoms with van der Waals surface area (Å²) in [5.41, 5.74) is 1.63. The van der Waals surface area contributed by atoms with Crippen LogP contribution in [0, 0.1) is 6.92 Å². The maximum Gasteiger partial charge on any atom is 0.255 e. The van der Waals surface area contributed by atoms with E-state index in [4.69, 9.17) is 4.74 Å². The number of amides is 1. The van der Waals surface area contributed by atoms with E-state index in [9.17, 15) is 4.79 Å². The molecule has 80 valence electrons. The standard InChI is InChI=1S/C12H15NO2/c1-3-9-7-15-10-6-4-5-8(2)11(10)12(14)13-9/h4-6,9H,3,7H2,1-2H3,(H,13,14). The van der Waals surface area contributed by atoms with E-state index in [2.05, 4.69) is 5.32 Å². The number of benzene rings is 1. The maximum absolute atomic E-state index is 11.9. The zero-order chi connectivity index (χ0) is 10.8. The Labute approximate surface area is 89.4 Å². The lowest BCUT2D eigenvalue weighted by molar-refractivity contribution is 0.0937. The van der Waals surface area contributed by atoms with Crippen LogP contribution in [0.5, 0.6) is 5.75 Å². The maximum atomic E-state index is 11.9. The van der Waals surface area contributed by atoms with Gasteiger partial charge in [-0.15, -0.1) is 0 Å². The summed E-state index contributed by atoms with van der Waals surface area (Å²) in [6.45, 7) is 4.52. The number of rotatable bonds is 1. The first-order valence-electron chi connectivity index (χ1n) is 5.25. The molecule has 1 atom stereocenters. The number of nitrogens with one attached hydrogen (secondary N) is 1. The molecular formula is C12H15NO2. The molecule has 1 aromatic carbocycles. The normalized spacial score (nSPS) is 19.9. The second kappa shape index (κ2) is 3.93. The van der Waals surface area contributed by atoms with Crippen LogP contribution in [-0.4, -0.2) is 18.6 Å². The van der Waals surface area contributed by atoms with Gasteiger partial charge in [-0.1, -0.05) is 19.1 Å². The molecule has 0 aromatic heterocycles. The number of fused-ring (bicyclic) bond motifs is 1. The number of aryl methyl sites for hydroxylation is 1. The van der Waals surface area contributed by atoms with Crippen molar-refractivity contribution >= 4 is 5.91 Å². The van der Waals surface area contributed by atoms with Crippen LogP contribution in [0.4, 0.5) is 0 Å². The number of carbonyl (C=O) groups excluding carboxylic acids is 1. The largest absolute Gasteiger partial charge is 0.491 e. The highest BCUT2D eigenvalue weighted by Gasteiger charge is 2.22. The van der Waals surface area contributed by atoms with Crippen LogP contribution in [0.3, 0.4) is 0 Å². The Morgan fingerprint density at radius 3 is 3.07 bits per heavy atom. The third-order valence-electron chi connectivity index (χ3n) is 2.73. The van der Waals surface area contributed by atoms with E-state index in [1.54, 1.807) is 0 Å². The molecule has 1 aliphatic heterocycles. The topological polar surface area (TPSA) is 38.3 Å². The first kappa shape index (κ1) is 10.0. The molecule has 1 N–H and O–H groups in total. The van der Waals surface area contributed by atoms with E-state index in [0.717, 1.165) is 12.0 Å². The van der Waals surface area contributed by atoms with E-state index in [-0.39, 0.29) is 11.9 Å². The molecule has 0 radical (unpaired) electrons. The third-order valence-corrected chi connectivity index (χ3v) is 2.73. The monoisotopic (exact) mass is 205 g/mol. The Morgan fingerprint density at radius 2 is 2.33 bits per heavy atom. The third kappa shape index (κ3) is 1.82. The van der Waals surface area contributed by atoms with Gasteiger partial charge in [0.25, 0.3) is 5.91 Å². The smallest absolute Gasteiger partial charge is 0.255 e. The summed E-state index contributed by atoms with van der Waals surface area (Å²) in [5, 5.41) is 2.96. The second-order valence-electron chi connectivity index (χ2n) is 3.84. The molecule has 0 aliphatic carbocycles. The van der Waals surface area contributed by atoms with Crippen LogP contribution in [0.1, 0.15) is 29.3 Å². The van der Waals surface area contributed by atoms with Gasteiger partial charge in [0, 0.05) is 0 Å². The van der Waals surface area contributed by atoms with E-state index < -0.39 is 0 Å². The molecule has 1 amide bonds. The average molecular weight is 205 g/mol. The van der Waals surface area contributed by atoms with Crippen molar-refractivity contribution in [2.24, 2.45) is 0 Å². The molecule has 0 saturated heterocycles. The highest BCUT2D eigenvalue weighted by atomic mass is 16.5. The lowest BCUT2D eigenvalue weighted by Gasteiger charge is -2.11. The molecular weight excluding hydrogens is 190 g/mol. The summed E-state index contributed by atoms with van der Waals surface area (Å²) in [6, 6.07) is 5.80. The Bertz CT molecular complexity index is 387. The van der Waals surface area contributed by atoms with Crippen LogP contribution < -0.4 is 10.1 Å². The van der Waals surface area contributed by atoms with Gasteiger partial charge in [-0.25, -0.2) is 0 Å². The molecule has 1 aromatic rings. The van der Waals surface area contributed by atoms with Crippen molar-refractivity contribution in [1.82, 2.24) is 5.32 Å². The first-order valence-corrected chi connectivity index (χ1v) is 5.25. The zero-order valence-corrected chi connectivity index (χ0v) is 9.04. The number of hydrogen-bond donors (Lipinski definition) is 1. The van der Waals surface area contributed by atoms with Crippen molar-refractivity contribution in [2.45, 2.75) is 26.3 Å². The highest BCUT2D eigenvalue weighted by Crippen LogP contribution is 2.24. The average Bonchev–Trinajstić information content (AvgIpc) is 2.39. The molecule has 1 heterocycles. The van der Waals surface area contributed by atoms with Crippen molar-refractivity contribution < 1.29 is 9.53 Å². The molecule has 2 rings (SSSR count). The summed E-state index contributed by atoms with van der Waals surface area (Å²) < 4.78 is 5.62. The van der Waals surface area contributed by atoms with E-state index in [0.29, 0.717) is 17.9 Å². The Balaban J connectivity index is 2.40. The molecule has 3 heteroatoms. The van der Waals surface area contributed by atoms with E-state index in [1.807, 2.05) is 32.0 Å².